The lowest BCUT2D eigenvalue weighted by atomic mass is 9.79. The number of methoxy groups -OCH3 is 1. The first-order valence-corrected chi connectivity index (χ1v) is 8.93. The van der Waals surface area contributed by atoms with E-state index in [1.807, 2.05) is 6.92 Å². The van der Waals surface area contributed by atoms with Crippen molar-refractivity contribution in [3.8, 4) is 5.75 Å². The summed E-state index contributed by atoms with van der Waals surface area (Å²) in [7, 11) is -0.216. The van der Waals surface area contributed by atoms with Crippen LogP contribution in [0.15, 0.2) is 47.8 Å². The summed E-state index contributed by atoms with van der Waals surface area (Å²) in [5.74, 6) is 0.795. The van der Waals surface area contributed by atoms with Crippen LogP contribution in [0.25, 0.3) is 10.9 Å². The van der Waals surface area contributed by atoms with Crippen molar-refractivity contribution in [2.24, 2.45) is 5.10 Å². The summed E-state index contributed by atoms with van der Waals surface area (Å²) in [4.78, 5) is 8.45. The summed E-state index contributed by atoms with van der Waals surface area (Å²) in [5, 5.41) is 25.8. The lowest BCUT2D eigenvalue weighted by molar-refractivity contribution is 0.198. The molecule has 1 unspecified atom stereocenters. The largest absolute Gasteiger partial charge is 0.497 e. The van der Waals surface area contributed by atoms with Crippen LogP contribution in [-0.2, 0) is 4.74 Å². The van der Waals surface area contributed by atoms with Crippen LogP contribution in [0.1, 0.15) is 12.5 Å². The van der Waals surface area contributed by atoms with Crippen LogP contribution in [0, 0.1) is 5.82 Å². The lowest BCUT2D eigenvalue weighted by Gasteiger charge is -2.30. The topological polar surface area (TPSA) is 100 Å². The van der Waals surface area contributed by atoms with E-state index < -0.39 is 7.12 Å². The fourth-order valence-corrected chi connectivity index (χ4v) is 3.18. The molecule has 2 heterocycles. The lowest BCUT2D eigenvalue weighted by Crippen LogP contribution is -2.38. The van der Waals surface area contributed by atoms with Crippen LogP contribution in [0.2, 0.25) is 0 Å². The van der Waals surface area contributed by atoms with Gasteiger partial charge in [-0.1, -0.05) is 6.07 Å². The Morgan fingerprint density at radius 3 is 2.79 bits per heavy atom. The van der Waals surface area contributed by atoms with Crippen LogP contribution in [-0.4, -0.2) is 52.8 Å². The van der Waals surface area contributed by atoms with Gasteiger partial charge in [0.25, 0.3) is 0 Å². The van der Waals surface area contributed by atoms with Gasteiger partial charge in [0.2, 0.25) is 5.90 Å². The van der Waals surface area contributed by atoms with Crippen LogP contribution >= 0.6 is 0 Å². The minimum absolute atomic E-state index is 0.206. The van der Waals surface area contributed by atoms with E-state index >= 15 is 0 Å². The van der Waals surface area contributed by atoms with Gasteiger partial charge in [0, 0.05) is 22.5 Å². The van der Waals surface area contributed by atoms with Crippen molar-refractivity contribution in [3.05, 3.63) is 54.1 Å². The molecule has 148 valence electrons. The molecule has 0 amide bonds. The second-order valence-electron chi connectivity index (χ2n) is 6.60. The molecule has 1 atom stereocenters. The van der Waals surface area contributed by atoms with Crippen LogP contribution in [0.4, 0.5) is 10.2 Å². The van der Waals surface area contributed by atoms with Crippen molar-refractivity contribution >= 4 is 35.2 Å². The molecule has 10 heteroatoms. The van der Waals surface area contributed by atoms with Gasteiger partial charge in [-0.25, -0.2) is 19.4 Å². The van der Waals surface area contributed by atoms with E-state index in [-0.39, 0.29) is 17.4 Å². The highest BCUT2D eigenvalue weighted by atomic mass is 19.1. The Labute approximate surface area is 166 Å². The minimum atomic E-state index is -1.66. The second-order valence-corrected chi connectivity index (χ2v) is 6.60. The van der Waals surface area contributed by atoms with Crippen LogP contribution in [0.3, 0.4) is 0 Å². The first-order valence-electron chi connectivity index (χ1n) is 8.93. The Bertz CT molecular complexity index is 1090. The standard InChI is InChI=1S/C19H18BFN4O4/c1-11-9-25(18-14-5-4-13(21)8-16(14)22-10-23-18)24-19(29-11)12-3-6-15(20(26)27)17(7-12)28-2/h3-8,10-11,26-27H,9H2,1-2H3. The summed E-state index contributed by atoms with van der Waals surface area (Å²) in [6.07, 6.45) is 1.16. The number of hydrogen-bond acceptors (Lipinski definition) is 8. The summed E-state index contributed by atoms with van der Waals surface area (Å²) < 4.78 is 24.7. The van der Waals surface area contributed by atoms with E-state index in [2.05, 4.69) is 15.1 Å². The maximum Gasteiger partial charge on any atom is 0.492 e. The molecular formula is C19H18BFN4O4. The quantitative estimate of drug-likeness (QED) is 0.636. The third-order valence-corrected chi connectivity index (χ3v) is 4.54. The molecule has 1 aliphatic heterocycles. The number of benzene rings is 2. The second kappa shape index (κ2) is 7.65. The van der Waals surface area contributed by atoms with Gasteiger partial charge in [-0.15, -0.1) is 5.10 Å². The summed E-state index contributed by atoms with van der Waals surface area (Å²) in [6, 6.07) is 9.15. The van der Waals surface area contributed by atoms with Gasteiger partial charge in [-0.2, -0.15) is 0 Å². The zero-order chi connectivity index (χ0) is 20.5. The SMILES string of the molecule is COc1cc(C2=NN(c3ncnc4cc(F)ccc34)CC(C)O2)ccc1B(O)O. The molecule has 4 rings (SSSR count). The predicted molar refractivity (Wildman–Crippen MR) is 107 cm³/mol. The number of nitrogens with zero attached hydrogens (tertiary/aromatic N) is 4. The predicted octanol–water partition coefficient (Wildman–Crippen LogP) is 1.04. The highest BCUT2D eigenvalue weighted by molar-refractivity contribution is 6.59. The molecule has 0 saturated carbocycles. The first kappa shape index (κ1) is 19.1. The number of aromatic nitrogens is 2. The summed E-state index contributed by atoms with van der Waals surface area (Å²) >= 11 is 0. The van der Waals surface area contributed by atoms with E-state index in [1.165, 1.54) is 31.6 Å². The number of hydrazone groups is 1. The molecule has 29 heavy (non-hydrogen) atoms. The summed E-state index contributed by atoms with van der Waals surface area (Å²) in [6.45, 7) is 2.34. The fourth-order valence-electron chi connectivity index (χ4n) is 3.18. The molecule has 1 aromatic heterocycles. The van der Waals surface area contributed by atoms with Crippen LogP contribution in [0.5, 0.6) is 5.75 Å². The van der Waals surface area contributed by atoms with E-state index in [0.29, 0.717) is 40.5 Å². The number of rotatable bonds is 4. The molecule has 0 bridgehead atoms. The first-order chi connectivity index (χ1) is 14.0. The number of ether oxygens (including phenoxy) is 2. The van der Waals surface area contributed by atoms with Gasteiger partial charge in [0.05, 0.1) is 19.2 Å². The number of fused-ring (bicyclic) bond motifs is 1. The van der Waals surface area contributed by atoms with Crippen molar-refractivity contribution in [2.45, 2.75) is 13.0 Å². The molecule has 8 nitrogen and oxygen atoms in total. The number of halogens is 1. The molecule has 0 spiro atoms. The molecular weight excluding hydrogens is 378 g/mol. The fraction of sp³-hybridized carbons (Fsp3) is 0.211. The normalized spacial score (nSPS) is 16.4. The Hall–Kier alpha value is -3.24. The smallest absolute Gasteiger partial charge is 0.492 e. The van der Waals surface area contributed by atoms with Gasteiger partial charge >= 0.3 is 7.12 Å². The average molecular weight is 396 g/mol. The number of hydrogen-bond donors (Lipinski definition) is 2. The van der Waals surface area contributed by atoms with Gasteiger partial charge in [0.15, 0.2) is 5.82 Å². The van der Waals surface area contributed by atoms with Crippen molar-refractivity contribution in [3.63, 3.8) is 0 Å². The third kappa shape index (κ3) is 3.72. The van der Waals surface area contributed by atoms with Gasteiger partial charge in [-0.3, -0.25) is 0 Å². The van der Waals surface area contributed by atoms with Crippen molar-refractivity contribution in [1.29, 1.82) is 0 Å². The Morgan fingerprint density at radius 1 is 1.21 bits per heavy atom. The van der Waals surface area contributed by atoms with Gasteiger partial charge in [-0.05, 0) is 31.2 Å². The molecule has 2 N–H and O–H groups in total. The van der Waals surface area contributed by atoms with Crippen molar-refractivity contribution < 1.29 is 23.9 Å². The molecule has 0 fully saturated rings. The third-order valence-electron chi connectivity index (χ3n) is 4.54. The highest BCUT2D eigenvalue weighted by Crippen LogP contribution is 2.27. The summed E-state index contributed by atoms with van der Waals surface area (Å²) in [5.41, 5.74) is 1.32. The molecule has 2 aromatic carbocycles. The van der Waals surface area contributed by atoms with Crippen molar-refractivity contribution in [1.82, 2.24) is 9.97 Å². The maximum absolute atomic E-state index is 13.5. The number of anilines is 1. The Balaban J connectivity index is 1.77. The molecule has 3 aromatic rings. The van der Waals surface area contributed by atoms with E-state index in [1.54, 1.807) is 23.2 Å². The monoisotopic (exact) mass is 396 g/mol. The molecule has 0 saturated heterocycles. The Kier molecular flexibility index (Phi) is 5.04. The Morgan fingerprint density at radius 2 is 2.03 bits per heavy atom. The highest BCUT2D eigenvalue weighted by Gasteiger charge is 2.26. The molecule has 0 aliphatic carbocycles. The van der Waals surface area contributed by atoms with Crippen molar-refractivity contribution in [2.75, 3.05) is 18.7 Å². The van der Waals surface area contributed by atoms with E-state index in [4.69, 9.17) is 9.47 Å². The maximum atomic E-state index is 13.5. The van der Waals surface area contributed by atoms with Crippen LogP contribution < -0.4 is 15.2 Å². The zero-order valence-electron chi connectivity index (χ0n) is 15.8. The molecule has 0 radical (unpaired) electrons. The van der Waals surface area contributed by atoms with Gasteiger partial charge in [0.1, 0.15) is 24.0 Å². The van der Waals surface area contributed by atoms with E-state index in [9.17, 15) is 14.4 Å². The average Bonchev–Trinajstić information content (AvgIpc) is 2.72. The van der Waals surface area contributed by atoms with Gasteiger partial charge < -0.3 is 19.5 Å². The minimum Gasteiger partial charge on any atom is -0.497 e. The van der Waals surface area contributed by atoms with E-state index in [0.717, 1.165) is 0 Å². The molecule has 1 aliphatic rings. The zero-order valence-corrected chi connectivity index (χ0v) is 15.8.